The second kappa shape index (κ2) is 13.8. The van der Waals surface area contributed by atoms with E-state index in [-0.39, 0.29) is 73.5 Å². The van der Waals surface area contributed by atoms with E-state index in [0.717, 1.165) is 24.8 Å². The molecular weight excluding hydrogens is 415 g/mol. The number of hydrogen-bond acceptors (Lipinski definition) is 4. The fraction of sp³-hybridized carbons (Fsp3) is 0.455. The summed E-state index contributed by atoms with van der Waals surface area (Å²) in [6, 6.07) is 10.5. The Kier molecular flexibility index (Phi) is 12.7. The zero-order chi connectivity index (χ0) is 20.4. The number of ether oxygens (including phenoxy) is 1. The molecule has 0 saturated heterocycles. The monoisotopic (exact) mass is 444 g/mol. The van der Waals surface area contributed by atoms with Gasteiger partial charge in [0.15, 0.2) is 0 Å². The Balaban J connectivity index is 0.00000420. The largest absolute Gasteiger partial charge is 1.00 e. The van der Waals surface area contributed by atoms with Crippen molar-refractivity contribution in [3.8, 4) is 17.2 Å². The summed E-state index contributed by atoms with van der Waals surface area (Å²) in [7, 11) is -4.40. The van der Waals surface area contributed by atoms with Gasteiger partial charge in [-0.2, -0.15) is 8.42 Å². The zero-order valence-electron chi connectivity index (χ0n) is 17.4. The van der Waals surface area contributed by atoms with Crippen molar-refractivity contribution in [2.75, 3.05) is 0 Å². The van der Waals surface area contributed by atoms with Gasteiger partial charge in [-0.05, 0) is 37.1 Å². The molecule has 0 aromatic heterocycles. The van der Waals surface area contributed by atoms with Gasteiger partial charge in [-0.25, -0.2) is 0 Å². The summed E-state index contributed by atoms with van der Waals surface area (Å²) in [5.74, 6) is 0.116. The van der Waals surface area contributed by atoms with Gasteiger partial charge in [0.2, 0.25) is 0 Å². The van der Waals surface area contributed by atoms with Crippen LogP contribution in [0.3, 0.4) is 0 Å². The van der Waals surface area contributed by atoms with E-state index < -0.39 is 10.1 Å². The predicted octanol–water partition coefficient (Wildman–Crippen LogP) is 2.49. The minimum absolute atomic E-state index is 0. The molecule has 5 nitrogen and oxygen atoms in total. The first kappa shape index (κ1) is 26.6. The molecule has 154 valence electrons. The van der Waals surface area contributed by atoms with Crippen LogP contribution in [0, 0.1) is 0 Å². The molecule has 0 heterocycles. The molecule has 0 unspecified atom stereocenters. The summed E-state index contributed by atoms with van der Waals surface area (Å²) in [6.07, 6.45) is 10.4. The topological polar surface area (TPSA) is 86.7 Å². The number of unbranched alkanes of at least 4 members (excludes halogenated alkanes) is 7. The van der Waals surface area contributed by atoms with Gasteiger partial charge in [0.1, 0.15) is 16.4 Å². The molecule has 0 fully saturated rings. The van der Waals surface area contributed by atoms with E-state index in [9.17, 15) is 18.1 Å². The molecule has 0 spiro atoms. The molecule has 7 heteroatoms. The Labute approximate surface area is 217 Å². The molecule has 0 aliphatic heterocycles. The zero-order valence-corrected chi connectivity index (χ0v) is 21.3. The van der Waals surface area contributed by atoms with Crippen LogP contribution in [0.15, 0.2) is 47.4 Å². The first-order valence-electron chi connectivity index (χ1n) is 9.96. The van der Waals surface area contributed by atoms with Gasteiger partial charge < -0.3 is 9.84 Å². The average Bonchev–Trinajstić information content (AvgIpc) is 2.65. The number of hydrogen-bond donors (Lipinski definition) is 1. The molecule has 0 bridgehead atoms. The second-order valence-electron chi connectivity index (χ2n) is 7.02. The molecule has 29 heavy (non-hydrogen) atoms. The standard InChI is InChI=1S/C22H30O5S.K/c1-2-3-4-5-6-7-8-9-12-18-15-16-19(17-20(18)23)27-21-13-10-11-14-22(21)28(24,25)26;/h10-11,13-17,23H,2-9,12H2,1H3,(H,24,25,26);/q;+1/p-1. The third-order valence-electron chi connectivity index (χ3n) is 4.69. The molecule has 0 radical (unpaired) electrons. The van der Waals surface area contributed by atoms with Crippen molar-refractivity contribution < 1.29 is 74.2 Å². The third kappa shape index (κ3) is 9.51. The number of benzene rings is 2. The van der Waals surface area contributed by atoms with E-state index in [1.807, 2.05) is 0 Å². The Hall–Kier alpha value is -0.414. The van der Waals surface area contributed by atoms with Crippen molar-refractivity contribution in [3.05, 3.63) is 48.0 Å². The van der Waals surface area contributed by atoms with E-state index in [1.54, 1.807) is 18.2 Å². The van der Waals surface area contributed by atoms with Gasteiger partial charge in [-0.3, -0.25) is 4.55 Å². The van der Waals surface area contributed by atoms with Gasteiger partial charge in [-0.15, -0.1) is 5.75 Å². The number of aryl methyl sites for hydroxylation is 1. The SMILES string of the molecule is CCCCCCCCCCc1ccc(Oc2ccccc2S(=O)(=O)O)cc1[O-].[K+]. The Morgan fingerprint density at radius 3 is 2.17 bits per heavy atom. The van der Waals surface area contributed by atoms with E-state index in [4.69, 9.17) is 4.74 Å². The van der Waals surface area contributed by atoms with Crippen molar-refractivity contribution >= 4 is 10.1 Å². The Morgan fingerprint density at radius 2 is 1.55 bits per heavy atom. The molecule has 0 aliphatic rings. The average molecular weight is 445 g/mol. The van der Waals surface area contributed by atoms with Crippen LogP contribution in [0.4, 0.5) is 0 Å². The van der Waals surface area contributed by atoms with E-state index in [0.29, 0.717) is 0 Å². The summed E-state index contributed by atoms with van der Waals surface area (Å²) >= 11 is 0. The molecule has 0 atom stereocenters. The molecule has 0 aliphatic carbocycles. The predicted molar refractivity (Wildman–Crippen MR) is 109 cm³/mol. The maximum atomic E-state index is 12.3. The summed E-state index contributed by atoms with van der Waals surface area (Å²) in [6.45, 7) is 2.21. The summed E-state index contributed by atoms with van der Waals surface area (Å²) in [4.78, 5) is -0.328. The van der Waals surface area contributed by atoms with Gasteiger partial charge in [-0.1, -0.05) is 75.6 Å². The van der Waals surface area contributed by atoms with Gasteiger partial charge in [0, 0.05) is 0 Å². The third-order valence-corrected chi connectivity index (χ3v) is 5.59. The van der Waals surface area contributed by atoms with Crippen LogP contribution in [0.5, 0.6) is 17.2 Å². The number of rotatable bonds is 12. The van der Waals surface area contributed by atoms with E-state index in [1.165, 1.54) is 62.8 Å². The fourth-order valence-corrected chi connectivity index (χ4v) is 3.74. The second-order valence-corrected chi connectivity index (χ2v) is 8.41. The summed E-state index contributed by atoms with van der Waals surface area (Å²) in [5, 5.41) is 12.3. The molecule has 1 N–H and O–H groups in total. The van der Waals surface area contributed by atoms with E-state index in [2.05, 4.69) is 6.92 Å². The first-order chi connectivity index (χ1) is 13.4. The van der Waals surface area contributed by atoms with Crippen molar-refractivity contribution in [2.24, 2.45) is 0 Å². The Morgan fingerprint density at radius 1 is 0.931 bits per heavy atom. The minimum atomic E-state index is -4.40. The smallest absolute Gasteiger partial charge is 0.872 e. The quantitative estimate of drug-likeness (QED) is 0.309. The normalized spacial score (nSPS) is 11.1. The summed E-state index contributed by atoms with van der Waals surface area (Å²) in [5.41, 5.74) is 0.737. The van der Waals surface area contributed by atoms with Gasteiger partial charge >= 0.3 is 51.4 Å². The van der Waals surface area contributed by atoms with Crippen LogP contribution in [-0.2, 0) is 16.5 Å². The molecular formula is C22H29KO5S. The molecule has 0 amide bonds. The van der Waals surface area contributed by atoms with Gasteiger partial charge in [0.25, 0.3) is 10.1 Å². The molecule has 0 saturated carbocycles. The van der Waals surface area contributed by atoms with Crippen LogP contribution in [0.1, 0.15) is 63.9 Å². The first-order valence-corrected chi connectivity index (χ1v) is 11.4. The van der Waals surface area contributed by atoms with Gasteiger partial charge in [0.05, 0.1) is 0 Å². The van der Waals surface area contributed by atoms with Crippen molar-refractivity contribution in [3.63, 3.8) is 0 Å². The Bertz CT molecular complexity index is 852. The molecule has 2 aromatic rings. The van der Waals surface area contributed by atoms with Crippen molar-refractivity contribution in [2.45, 2.75) is 69.6 Å². The minimum Gasteiger partial charge on any atom is -0.872 e. The molecule has 2 aromatic carbocycles. The van der Waals surface area contributed by atoms with Crippen LogP contribution in [0.2, 0.25) is 0 Å². The molecule has 2 rings (SSSR count). The van der Waals surface area contributed by atoms with Crippen LogP contribution < -0.4 is 61.2 Å². The van der Waals surface area contributed by atoms with Crippen molar-refractivity contribution in [1.82, 2.24) is 0 Å². The number of para-hydroxylation sites is 1. The van der Waals surface area contributed by atoms with Crippen LogP contribution in [0.25, 0.3) is 0 Å². The summed E-state index contributed by atoms with van der Waals surface area (Å²) < 4.78 is 37.6. The van der Waals surface area contributed by atoms with E-state index >= 15 is 0 Å². The van der Waals surface area contributed by atoms with Crippen LogP contribution >= 0.6 is 0 Å². The maximum Gasteiger partial charge on any atom is 1.00 e. The maximum absolute atomic E-state index is 12.3. The van der Waals surface area contributed by atoms with Crippen molar-refractivity contribution in [1.29, 1.82) is 0 Å². The van der Waals surface area contributed by atoms with Crippen LogP contribution in [-0.4, -0.2) is 13.0 Å². The fourth-order valence-electron chi connectivity index (χ4n) is 3.13.